The lowest BCUT2D eigenvalue weighted by atomic mass is 9.89. The average Bonchev–Trinajstić information content (AvgIpc) is 3.45. The van der Waals surface area contributed by atoms with Crippen molar-refractivity contribution in [3.8, 4) is 0 Å². The summed E-state index contributed by atoms with van der Waals surface area (Å²) in [7, 11) is 0. The summed E-state index contributed by atoms with van der Waals surface area (Å²) in [5.41, 5.74) is 5.11. The lowest BCUT2D eigenvalue weighted by Gasteiger charge is -2.19. The molecule has 0 heterocycles. The molecular weight excluding hydrogens is 302 g/mol. The molecule has 2 amide bonds. The molecular formula is C19H25N3O2. The fraction of sp³-hybridized carbons (Fsp3) is 0.526. The monoisotopic (exact) mass is 327 g/mol. The molecule has 0 atom stereocenters. The largest absolute Gasteiger partial charge is 0.326 e. The second-order valence-electron chi connectivity index (χ2n) is 6.85. The summed E-state index contributed by atoms with van der Waals surface area (Å²) >= 11 is 0. The maximum absolute atomic E-state index is 12.2. The second-order valence-corrected chi connectivity index (χ2v) is 6.85. The van der Waals surface area contributed by atoms with Crippen molar-refractivity contribution in [1.82, 2.24) is 5.43 Å². The molecule has 0 bridgehead atoms. The van der Waals surface area contributed by atoms with E-state index >= 15 is 0 Å². The van der Waals surface area contributed by atoms with Gasteiger partial charge in [0.05, 0.1) is 5.71 Å². The predicted octanol–water partition coefficient (Wildman–Crippen LogP) is 3.46. The van der Waals surface area contributed by atoms with E-state index in [1.165, 1.54) is 6.42 Å². The van der Waals surface area contributed by atoms with Gasteiger partial charge in [-0.15, -0.1) is 0 Å². The van der Waals surface area contributed by atoms with Crippen molar-refractivity contribution in [2.75, 3.05) is 5.32 Å². The third-order valence-electron chi connectivity index (χ3n) is 4.81. The van der Waals surface area contributed by atoms with Crippen LogP contribution in [0.1, 0.15) is 57.4 Å². The molecule has 2 aliphatic rings. The maximum Gasteiger partial charge on any atom is 0.243 e. The number of rotatable bonds is 5. The van der Waals surface area contributed by atoms with Gasteiger partial charge in [0.1, 0.15) is 0 Å². The summed E-state index contributed by atoms with van der Waals surface area (Å²) in [6.45, 7) is 1.86. The smallest absolute Gasteiger partial charge is 0.243 e. The van der Waals surface area contributed by atoms with E-state index in [4.69, 9.17) is 0 Å². The minimum atomic E-state index is 0.0206. The third-order valence-corrected chi connectivity index (χ3v) is 4.81. The zero-order valence-corrected chi connectivity index (χ0v) is 14.2. The molecule has 1 aromatic rings. The van der Waals surface area contributed by atoms with Crippen LogP contribution in [0.5, 0.6) is 0 Å². The van der Waals surface area contributed by atoms with Gasteiger partial charge < -0.3 is 5.32 Å². The van der Waals surface area contributed by atoms with E-state index in [1.807, 2.05) is 31.2 Å². The quantitative estimate of drug-likeness (QED) is 0.642. The number of carbonyl (C=O) groups is 2. The fourth-order valence-electron chi connectivity index (χ4n) is 3.07. The van der Waals surface area contributed by atoms with Crippen molar-refractivity contribution in [3.63, 3.8) is 0 Å². The van der Waals surface area contributed by atoms with Crippen LogP contribution in [-0.4, -0.2) is 17.5 Å². The lowest BCUT2D eigenvalue weighted by molar-refractivity contribution is -0.125. The molecule has 2 aliphatic carbocycles. The van der Waals surface area contributed by atoms with Gasteiger partial charge in [-0.25, -0.2) is 5.43 Å². The molecule has 5 nitrogen and oxygen atoms in total. The fourth-order valence-corrected chi connectivity index (χ4v) is 3.07. The molecule has 2 saturated carbocycles. The van der Waals surface area contributed by atoms with Crippen molar-refractivity contribution in [1.29, 1.82) is 0 Å². The van der Waals surface area contributed by atoms with Gasteiger partial charge in [0.25, 0.3) is 0 Å². The van der Waals surface area contributed by atoms with Crippen LogP contribution >= 0.6 is 0 Å². The number of nitrogens with one attached hydrogen (secondary N) is 2. The lowest BCUT2D eigenvalue weighted by Crippen LogP contribution is -2.29. The normalized spacial score (nSPS) is 19.0. The van der Waals surface area contributed by atoms with Gasteiger partial charge in [-0.05, 0) is 50.3 Å². The van der Waals surface area contributed by atoms with E-state index < -0.39 is 0 Å². The molecule has 24 heavy (non-hydrogen) atoms. The van der Waals surface area contributed by atoms with E-state index in [0.29, 0.717) is 0 Å². The van der Waals surface area contributed by atoms with Crippen molar-refractivity contribution >= 4 is 23.2 Å². The molecule has 0 aromatic heterocycles. The van der Waals surface area contributed by atoms with Crippen molar-refractivity contribution in [3.05, 3.63) is 29.8 Å². The first kappa shape index (κ1) is 16.7. The summed E-state index contributed by atoms with van der Waals surface area (Å²) in [6, 6.07) is 7.59. The summed E-state index contributed by atoms with van der Waals surface area (Å²) in [6.07, 6.45) is 7.38. The average molecular weight is 327 g/mol. The Morgan fingerprint density at radius 3 is 2.42 bits per heavy atom. The molecule has 0 unspecified atom stereocenters. The van der Waals surface area contributed by atoms with E-state index in [9.17, 15) is 9.59 Å². The molecule has 0 saturated heterocycles. The molecule has 1 aromatic carbocycles. The van der Waals surface area contributed by atoms with Crippen LogP contribution in [0.2, 0.25) is 0 Å². The SMILES string of the molecule is C/C(=N\NC(=O)C1CCCCC1)c1cccc(NC(=O)C2CC2)c1. The van der Waals surface area contributed by atoms with E-state index in [1.54, 1.807) is 0 Å². The summed E-state index contributed by atoms with van der Waals surface area (Å²) in [4.78, 5) is 24.0. The molecule has 2 N–H and O–H groups in total. The standard InChI is InChI=1S/C19H25N3O2/c1-13(21-22-19(24)14-6-3-2-4-7-14)16-8-5-9-17(12-16)20-18(23)15-10-11-15/h5,8-9,12,14-15H,2-4,6-7,10-11H2,1H3,(H,20,23)(H,22,24)/b21-13+. The number of carbonyl (C=O) groups excluding carboxylic acids is 2. The highest BCUT2D eigenvalue weighted by atomic mass is 16.2. The van der Waals surface area contributed by atoms with Crippen LogP contribution in [0.4, 0.5) is 5.69 Å². The van der Waals surface area contributed by atoms with Gasteiger partial charge in [0.2, 0.25) is 11.8 Å². The minimum absolute atomic E-state index is 0.0206. The first-order chi connectivity index (χ1) is 11.6. The van der Waals surface area contributed by atoms with Crippen LogP contribution in [0, 0.1) is 11.8 Å². The number of hydrogen-bond acceptors (Lipinski definition) is 3. The number of nitrogens with zero attached hydrogens (tertiary/aromatic N) is 1. The Balaban J connectivity index is 1.59. The van der Waals surface area contributed by atoms with Crippen LogP contribution in [0.3, 0.4) is 0 Å². The number of hydrogen-bond donors (Lipinski definition) is 2. The van der Waals surface area contributed by atoms with Gasteiger partial charge in [0, 0.05) is 17.5 Å². The molecule has 5 heteroatoms. The number of benzene rings is 1. The molecule has 128 valence electrons. The van der Waals surface area contributed by atoms with Crippen molar-refractivity contribution in [2.24, 2.45) is 16.9 Å². The molecule has 0 aliphatic heterocycles. The Bertz CT molecular complexity index is 644. The zero-order chi connectivity index (χ0) is 16.9. The molecule has 0 spiro atoms. The Morgan fingerprint density at radius 2 is 1.71 bits per heavy atom. The van der Waals surface area contributed by atoms with E-state index in [2.05, 4.69) is 15.8 Å². The Morgan fingerprint density at radius 1 is 1.00 bits per heavy atom. The van der Waals surface area contributed by atoms with E-state index in [0.717, 1.165) is 55.5 Å². The van der Waals surface area contributed by atoms with E-state index in [-0.39, 0.29) is 23.7 Å². The Labute approximate surface area is 142 Å². The highest BCUT2D eigenvalue weighted by Crippen LogP contribution is 2.30. The number of hydrazone groups is 1. The topological polar surface area (TPSA) is 70.6 Å². The van der Waals surface area contributed by atoms with Gasteiger partial charge in [-0.1, -0.05) is 31.4 Å². The third kappa shape index (κ3) is 4.43. The van der Waals surface area contributed by atoms with Crippen LogP contribution in [0.15, 0.2) is 29.4 Å². The first-order valence-electron chi connectivity index (χ1n) is 8.89. The zero-order valence-electron chi connectivity index (χ0n) is 14.2. The van der Waals surface area contributed by atoms with Gasteiger partial charge >= 0.3 is 0 Å². The molecule has 3 rings (SSSR count). The number of anilines is 1. The highest BCUT2D eigenvalue weighted by molar-refractivity contribution is 6.01. The van der Waals surface area contributed by atoms with Crippen LogP contribution in [-0.2, 0) is 9.59 Å². The van der Waals surface area contributed by atoms with Crippen LogP contribution in [0.25, 0.3) is 0 Å². The highest BCUT2D eigenvalue weighted by Gasteiger charge is 2.29. The molecule has 0 radical (unpaired) electrons. The summed E-state index contributed by atoms with van der Waals surface area (Å²) in [5.74, 6) is 0.386. The molecule has 2 fully saturated rings. The van der Waals surface area contributed by atoms with Gasteiger partial charge in [-0.2, -0.15) is 5.10 Å². The van der Waals surface area contributed by atoms with Gasteiger partial charge in [0.15, 0.2) is 0 Å². The van der Waals surface area contributed by atoms with Crippen molar-refractivity contribution in [2.45, 2.75) is 51.9 Å². The Kier molecular flexibility index (Phi) is 5.28. The Hall–Kier alpha value is -2.17. The summed E-state index contributed by atoms with van der Waals surface area (Å²) in [5, 5.41) is 7.18. The summed E-state index contributed by atoms with van der Waals surface area (Å²) < 4.78 is 0. The predicted molar refractivity (Wildman–Crippen MR) is 94.7 cm³/mol. The second kappa shape index (κ2) is 7.60. The van der Waals surface area contributed by atoms with Gasteiger partial charge in [-0.3, -0.25) is 9.59 Å². The maximum atomic E-state index is 12.2. The number of amides is 2. The van der Waals surface area contributed by atoms with Crippen molar-refractivity contribution < 1.29 is 9.59 Å². The van der Waals surface area contributed by atoms with Crippen LogP contribution < -0.4 is 10.7 Å². The minimum Gasteiger partial charge on any atom is -0.326 e. The first-order valence-corrected chi connectivity index (χ1v) is 8.89.